The van der Waals surface area contributed by atoms with Gasteiger partial charge in [-0.05, 0) is 50.3 Å². The number of aliphatic hydroxyl groups is 1. The second kappa shape index (κ2) is 3.84. The normalized spacial score (nSPS) is 27.6. The van der Waals surface area contributed by atoms with Gasteiger partial charge in [0.1, 0.15) is 0 Å². The van der Waals surface area contributed by atoms with Crippen molar-refractivity contribution >= 4 is 5.97 Å². The van der Waals surface area contributed by atoms with Crippen LogP contribution in [0.15, 0.2) is 12.1 Å². The van der Waals surface area contributed by atoms with Gasteiger partial charge >= 0.3 is 5.97 Å². The molecule has 0 unspecified atom stereocenters. The Morgan fingerprint density at radius 2 is 1.71 bits per heavy atom. The maximum Gasteiger partial charge on any atom is 0.314 e. The minimum atomic E-state index is -0.874. The van der Waals surface area contributed by atoms with E-state index in [1.807, 2.05) is 32.9 Å². The molecule has 0 bridgehead atoms. The van der Waals surface area contributed by atoms with Crippen molar-refractivity contribution in [1.29, 1.82) is 0 Å². The second-order valence-corrected chi connectivity index (χ2v) is 5.22. The highest BCUT2D eigenvalue weighted by Gasteiger charge is 2.52. The summed E-state index contributed by atoms with van der Waals surface area (Å²) in [6, 6.07) is 4.02. The Kier molecular flexibility index (Phi) is 2.74. The van der Waals surface area contributed by atoms with Crippen LogP contribution >= 0.6 is 0 Å². The van der Waals surface area contributed by atoms with Gasteiger partial charge < -0.3 is 10.2 Å². The van der Waals surface area contributed by atoms with E-state index in [2.05, 4.69) is 0 Å². The summed E-state index contributed by atoms with van der Waals surface area (Å²) in [7, 11) is 0. The summed E-state index contributed by atoms with van der Waals surface area (Å²) in [4.78, 5) is 11.5. The summed E-state index contributed by atoms with van der Waals surface area (Å²) in [5, 5.41) is 18.9. The molecule has 0 aliphatic heterocycles. The van der Waals surface area contributed by atoms with Gasteiger partial charge in [0.25, 0.3) is 0 Å². The van der Waals surface area contributed by atoms with Crippen LogP contribution in [0.2, 0.25) is 0 Å². The third kappa shape index (κ3) is 1.75. The molecule has 0 atom stereocenters. The molecule has 0 amide bonds. The molecule has 0 radical (unpaired) electrons. The first-order valence-electron chi connectivity index (χ1n) is 5.86. The van der Waals surface area contributed by atoms with Crippen molar-refractivity contribution in [2.45, 2.75) is 45.1 Å². The van der Waals surface area contributed by atoms with Crippen LogP contribution in [0.1, 0.15) is 35.1 Å². The lowest BCUT2D eigenvalue weighted by atomic mass is 9.60. The summed E-state index contributed by atoms with van der Waals surface area (Å²) in [6.45, 7) is 5.91. The smallest absolute Gasteiger partial charge is 0.314 e. The van der Waals surface area contributed by atoms with Gasteiger partial charge in [-0.15, -0.1) is 0 Å². The highest BCUT2D eigenvalue weighted by molar-refractivity contribution is 5.84. The van der Waals surface area contributed by atoms with Crippen molar-refractivity contribution in [2.75, 3.05) is 0 Å². The fraction of sp³-hybridized carbons (Fsp3) is 0.500. The van der Waals surface area contributed by atoms with E-state index in [1.54, 1.807) is 0 Å². The van der Waals surface area contributed by atoms with E-state index in [0.717, 1.165) is 22.3 Å². The van der Waals surface area contributed by atoms with Crippen molar-refractivity contribution in [3.8, 4) is 0 Å². The van der Waals surface area contributed by atoms with Gasteiger partial charge in [0.05, 0.1) is 11.5 Å². The molecule has 0 heterocycles. The number of rotatable bonds is 2. The topological polar surface area (TPSA) is 57.5 Å². The molecule has 3 nitrogen and oxygen atoms in total. The van der Waals surface area contributed by atoms with E-state index in [0.29, 0.717) is 12.8 Å². The minimum absolute atomic E-state index is 0.326. The first-order valence-corrected chi connectivity index (χ1v) is 5.86. The highest BCUT2D eigenvalue weighted by atomic mass is 16.4. The number of hydrogen-bond donors (Lipinski definition) is 2. The molecule has 0 aromatic heterocycles. The minimum Gasteiger partial charge on any atom is -0.481 e. The average Bonchev–Trinajstić information content (AvgIpc) is 2.12. The van der Waals surface area contributed by atoms with Crippen LogP contribution in [-0.4, -0.2) is 22.3 Å². The summed E-state index contributed by atoms with van der Waals surface area (Å²) in [5.41, 5.74) is 3.18. The standard InChI is InChI=1S/C14H18O3/c1-8-4-9(2)12(10(3)5-8)14(13(16)17)6-11(15)7-14/h4-5,11,15H,6-7H2,1-3H3,(H,16,17). The third-order valence-electron chi connectivity index (χ3n) is 3.73. The van der Waals surface area contributed by atoms with Crippen LogP contribution in [0, 0.1) is 20.8 Å². The van der Waals surface area contributed by atoms with Gasteiger partial charge in [-0.3, -0.25) is 4.79 Å². The van der Waals surface area contributed by atoms with Crippen molar-refractivity contribution in [3.63, 3.8) is 0 Å². The molecule has 17 heavy (non-hydrogen) atoms. The molecule has 92 valence electrons. The van der Waals surface area contributed by atoms with Crippen molar-refractivity contribution in [2.24, 2.45) is 0 Å². The number of benzene rings is 1. The zero-order valence-corrected chi connectivity index (χ0v) is 10.4. The van der Waals surface area contributed by atoms with Crippen LogP contribution in [0.5, 0.6) is 0 Å². The van der Waals surface area contributed by atoms with Crippen LogP contribution in [0.25, 0.3) is 0 Å². The molecule has 2 rings (SSSR count). The van der Waals surface area contributed by atoms with Crippen molar-refractivity contribution in [1.82, 2.24) is 0 Å². The monoisotopic (exact) mass is 234 g/mol. The zero-order chi connectivity index (χ0) is 12.8. The average molecular weight is 234 g/mol. The Balaban J connectivity index is 2.56. The summed E-state index contributed by atoms with van der Waals surface area (Å²) >= 11 is 0. The fourth-order valence-electron chi connectivity index (χ4n) is 3.17. The molecule has 0 saturated heterocycles. The number of carboxylic acids is 1. The lowest BCUT2D eigenvalue weighted by Gasteiger charge is -2.43. The Bertz CT molecular complexity index is 447. The molecule has 1 saturated carbocycles. The molecule has 1 aliphatic carbocycles. The number of carbonyl (C=O) groups is 1. The van der Waals surface area contributed by atoms with Crippen molar-refractivity contribution < 1.29 is 15.0 Å². The largest absolute Gasteiger partial charge is 0.481 e. The lowest BCUT2D eigenvalue weighted by Crippen LogP contribution is -2.51. The van der Waals surface area contributed by atoms with Gasteiger partial charge in [-0.1, -0.05) is 17.7 Å². The Morgan fingerprint density at radius 1 is 1.24 bits per heavy atom. The molecule has 0 spiro atoms. The van der Waals surface area contributed by atoms with E-state index in [-0.39, 0.29) is 0 Å². The van der Waals surface area contributed by atoms with Gasteiger partial charge in [0, 0.05) is 0 Å². The number of aliphatic carboxylic acids is 1. The van der Waals surface area contributed by atoms with Crippen molar-refractivity contribution in [3.05, 3.63) is 34.4 Å². The maximum absolute atomic E-state index is 11.5. The predicted molar refractivity (Wildman–Crippen MR) is 65.2 cm³/mol. The SMILES string of the molecule is Cc1cc(C)c(C2(C(=O)O)CC(O)C2)c(C)c1. The third-order valence-corrected chi connectivity index (χ3v) is 3.73. The molecule has 1 aliphatic rings. The summed E-state index contributed by atoms with van der Waals surface area (Å²) in [5.74, 6) is -0.821. The fourth-order valence-corrected chi connectivity index (χ4v) is 3.17. The Hall–Kier alpha value is -1.35. The molecular formula is C14H18O3. The van der Waals surface area contributed by atoms with Gasteiger partial charge in [-0.25, -0.2) is 0 Å². The van der Waals surface area contributed by atoms with Crippen LogP contribution in [-0.2, 0) is 10.2 Å². The number of hydrogen-bond acceptors (Lipinski definition) is 2. The first-order chi connectivity index (χ1) is 7.86. The van der Waals surface area contributed by atoms with Crippen LogP contribution < -0.4 is 0 Å². The summed E-state index contributed by atoms with van der Waals surface area (Å²) < 4.78 is 0. The molecular weight excluding hydrogens is 216 g/mol. The highest BCUT2D eigenvalue weighted by Crippen LogP contribution is 2.46. The van der Waals surface area contributed by atoms with E-state index in [4.69, 9.17) is 0 Å². The summed E-state index contributed by atoms with van der Waals surface area (Å²) in [6.07, 6.45) is 0.173. The maximum atomic E-state index is 11.5. The first kappa shape index (κ1) is 12.1. The van der Waals surface area contributed by atoms with E-state index < -0.39 is 17.5 Å². The Labute approximate surface area is 101 Å². The van der Waals surface area contributed by atoms with E-state index in [9.17, 15) is 15.0 Å². The molecule has 1 aromatic rings. The quantitative estimate of drug-likeness (QED) is 0.823. The van der Waals surface area contributed by atoms with E-state index in [1.165, 1.54) is 0 Å². The molecule has 1 fully saturated rings. The van der Waals surface area contributed by atoms with Crippen LogP contribution in [0.4, 0.5) is 0 Å². The van der Waals surface area contributed by atoms with Gasteiger partial charge in [0.2, 0.25) is 0 Å². The number of carboxylic acid groups (broad SMARTS) is 1. The molecule has 1 aromatic carbocycles. The zero-order valence-electron chi connectivity index (χ0n) is 10.4. The number of aryl methyl sites for hydroxylation is 3. The van der Waals surface area contributed by atoms with E-state index >= 15 is 0 Å². The molecule has 2 N–H and O–H groups in total. The molecule has 3 heteroatoms. The second-order valence-electron chi connectivity index (χ2n) is 5.22. The van der Waals surface area contributed by atoms with Gasteiger partial charge in [0.15, 0.2) is 0 Å². The predicted octanol–water partition coefficient (Wildman–Crippen LogP) is 2.09. The number of aliphatic hydroxyl groups excluding tert-OH is 1. The Morgan fingerprint density at radius 3 is 2.06 bits per heavy atom. The van der Waals surface area contributed by atoms with Crippen LogP contribution in [0.3, 0.4) is 0 Å². The van der Waals surface area contributed by atoms with Gasteiger partial charge in [-0.2, -0.15) is 0 Å². The lowest BCUT2D eigenvalue weighted by molar-refractivity contribution is -0.153.